The second-order valence-corrected chi connectivity index (χ2v) is 13.7. The first-order valence-electron chi connectivity index (χ1n) is 16.6. The first-order chi connectivity index (χ1) is 20.4. The second kappa shape index (κ2) is 16.6. The van der Waals surface area contributed by atoms with E-state index in [-0.39, 0.29) is 24.4 Å². The Morgan fingerprint density at radius 1 is 0.884 bits per heavy atom. The van der Waals surface area contributed by atoms with Crippen molar-refractivity contribution in [2.75, 3.05) is 13.2 Å². The van der Waals surface area contributed by atoms with Crippen molar-refractivity contribution < 1.29 is 29.3 Å². The van der Waals surface area contributed by atoms with Crippen LogP contribution in [0.1, 0.15) is 128 Å². The molecule has 43 heavy (non-hydrogen) atoms. The quantitative estimate of drug-likeness (QED) is 0.122. The molecule has 2 aliphatic rings. The predicted octanol–water partition coefficient (Wildman–Crippen LogP) is 7.78. The van der Waals surface area contributed by atoms with Crippen LogP contribution in [0.4, 0.5) is 0 Å². The van der Waals surface area contributed by atoms with Gasteiger partial charge in [0.25, 0.3) is 0 Å². The van der Waals surface area contributed by atoms with E-state index in [9.17, 15) is 19.8 Å². The summed E-state index contributed by atoms with van der Waals surface area (Å²) in [5, 5.41) is 19.8. The monoisotopic (exact) mass is 596 g/mol. The van der Waals surface area contributed by atoms with E-state index in [0.29, 0.717) is 5.92 Å². The molecule has 240 valence electrons. The van der Waals surface area contributed by atoms with Crippen molar-refractivity contribution in [3.63, 3.8) is 0 Å². The number of benzene rings is 1. The Bertz CT molecular complexity index is 1050. The van der Waals surface area contributed by atoms with Crippen LogP contribution < -0.4 is 0 Å². The molecule has 0 amide bonds. The lowest BCUT2D eigenvalue weighted by atomic mass is 9.68. The van der Waals surface area contributed by atoms with Gasteiger partial charge in [0.2, 0.25) is 0 Å². The summed E-state index contributed by atoms with van der Waals surface area (Å²) in [5.74, 6) is 1.48. The van der Waals surface area contributed by atoms with E-state index in [1.165, 1.54) is 103 Å². The zero-order valence-electron chi connectivity index (χ0n) is 27.1. The van der Waals surface area contributed by atoms with E-state index < -0.39 is 29.6 Å². The Kier molecular flexibility index (Phi) is 13.5. The van der Waals surface area contributed by atoms with Gasteiger partial charge in [0.15, 0.2) is 0 Å². The van der Waals surface area contributed by atoms with Crippen molar-refractivity contribution in [2.24, 2.45) is 17.8 Å². The van der Waals surface area contributed by atoms with Crippen LogP contribution in [-0.4, -0.2) is 47.1 Å². The van der Waals surface area contributed by atoms with Gasteiger partial charge in [-0.05, 0) is 94.1 Å². The number of unbranched alkanes of at least 4 members (excludes halogenated alkanes) is 2. The number of carbonyl (C=O) groups is 2. The molecule has 2 unspecified atom stereocenters. The number of aliphatic hydroxyl groups excluding tert-OH is 1. The van der Waals surface area contributed by atoms with E-state index in [1.807, 2.05) is 12.1 Å². The van der Waals surface area contributed by atoms with Crippen LogP contribution in [0, 0.1) is 17.8 Å². The maximum atomic E-state index is 12.5. The van der Waals surface area contributed by atoms with E-state index in [4.69, 9.17) is 9.47 Å². The van der Waals surface area contributed by atoms with Crippen LogP contribution in [0.2, 0.25) is 0 Å². The zero-order valence-corrected chi connectivity index (χ0v) is 27.1. The number of rotatable bonds is 15. The third-order valence-corrected chi connectivity index (χ3v) is 10.0. The molecule has 0 bridgehead atoms. The Labute approximate surface area is 259 Å². The number of hydrogen-bond acceptors (Lipinski definition) is 6. The SMILES string of the molecule is C=C(C(=O)OCC(COC(=O)C(=C)C(C)(C)O)c1ccc(C2CCC(C3CCC(CCCCC)CC3)CC2)cc1)C(C)O. The molecule has 0 spiro atoms. The average Bonchev–Trinajstić information content (AvgIpc) is 3.00. The highest BCUT2D eigenvalue weighted by atomic mass is 16.5. The normalized spacial score (nSPS) is 24.0. The van der Waals surface area contributed by atoms with Gasteiger partial charge < -0.3 is 19.7 Å². The Balaban J connectivity index is 1.56. The van der Waals surface area contributed by atoms with Crippen molar-refractivity contribution in [1.82, 2.24) is 0 Å². The smallest absolute Gasteiger partial charge is 0.336 e. The van der Waals surface area contributed by atoms with Crippen LogP contribution in [0.15, 0.2) is 48.6 Å². The van der Waals surface area contributed by atoms with Crippen molar-refractivity contribution in [2.45, 2.75) is 128 Å². The summed E-state index contributed by atoms with van der Waals surface area (Å²) in [6.45, 7) is 13.9. The van der Waals surface area contributed by atoms with E-state index in [1.54, 1.807) is 0 Å². The summed E-state index contributed by atoms with van der Waals surface area (Å²) in [6.07, 6.45) is 15.3. The molecule has 0 saturated heterocycles. The van der Waals surface area contributed by atoms with Crippen molar-refractivity contribution in [3.8, 4) is 0 Å². The summed E-state index contributed by atoms with van der Waals surface area (Å²) >= 11 is 0. The minimum absolute atomic E-state index is 0.0304. The minimum Gasteiger partial charge on any atom is -0.461 e. The summed E-state index contributed by atoms with van der Waals surface area (Å²) < 4.78 is 10.9. The van der Waals surface area contributed by atoms with Crippen LogP contribution in [0.3, 0.4) is 0 Å². The Hall–Kier alpha value is -2.44. The third-order valence-electron chi connectivity index (χ3n) is 10.0. The van der Waals surface area contributed by atoms with E-state index in [2.05, 4.69) is 32.2 Å². The molecule has 6 nitrogen and oxygen atoms in total. The molecule has 1 aromatic carbocycles. The highest BCUT2D eigenvalue weighted by Gasteiger charge is 2.31. The zero-order chi connectivity index (χ0) is 31.6. The topological polar surface area (TPSA) is 93.1 Å². The van der Waals surface area contributed by atoms with E-state index >= 15 is 0 Å². The maximum Gasteiger partial charge on any atom is 0.336 e. The fourth-order valence-corrected chi connectivity index (χ4v) is 6.79. The molecule has 2 N–H and O–H groups in total. The van der Waals surface area contributed by atoms with Gasteiger partial charge in [-0.25, -0.2) is 9.59 Å². The van der Waals surface area contributed by atoms with Crippen LogP contribution in [-0.2, 0) is 19.1 Å². The second-order valence-electron chi connectivity index (χ2n) is 13.7. The highest BCUT2D eigenvalue weighted by Crippen LogP contribution is 2.44. The Morgan fingerprint density at radius 3 is 1.93 bits per heavy atom. The molecule has 0 heterocycles. The molecule has 2 saturated carbocycles. The van der Waals surface area contributed by atoms with Crippen molar-refractivity contribution in [3.05, 3.63) is 59.7 Å². The standard InChI is InChI=1S/C37H56O6/c1-7-8-9-10-28-11-13-29(14-12-28)30-15-17-31(18-16-30)32-19-21-33(22-20-32)34(23-42-35(39)25(2)27(4)38)24-43-36(40)26(3)37(5,6)41/h19-22,27-31,34,38,41H,2-3,7-18,23-24H2,1,4-6H3. The van der Waals surface area contributed by atoms with Gasteiger partial charge in [-0.3, -0.25) is 0 Å². The molecular formula is C37H56O6. The van der Waals surface area contributed by atoms with Gasteiger partial charge >= 0.3 is 11.9 Å². The molecule has 2 fully saturated rings. The fraction of sp³-hybridized carbons (Fsp3) is 0.676. The summed E-state index contributed by atoms with van der Waals surface area (Å²) in [5.41, 5.74) is 0.731. The first-order valence-corrected chi connectivity index (χ1v) is 16.6. The average molecular weight is 597 g/mol. The highest BCUT2D eigenvalue weighted by molar-refractivity contribution is 5.90. The summed E-state index contributed by atoms with van der Waals surface area (Å²) in [6, 6.07) is 8.37. The molecule has 6 heteroatoms. The van der Waals surface area contributed by atoms with Gasteiger partial charge in [-0.1, -0.05) is 82.9 Å². The largest absolute Gasteiger partial charge is 0.461 e. The first kappa shape index (κ1) is 35.0. The van der Waals surface area contributed by atoms with Crippen LogP contribution in [0.5, 0.6) is 0 Å². The third kappa shape index (κ3) is 10.6. The van der Waals surface area contributed by atoms with Gasteiger partial charge in [0.05, 0.1) is 28.8 Å². The van der Waals surface area contributed by atoms with Crippen molar-refractivity contribution >= 4 is 11.9 Å². The predicted molar refractivity (Wildman–Crippen MR) is 172 cm³/mol. The molecule has 0 radical (unpaired) electrons. The van der Waals surface area contributed by atoms with Gasteiger partial charge in [-0.2, -0.15) is 0 Å². The number of hydrogen-bond donors (Lipinski definition) is 2. The Morgan fingerprint density at radius 2 is 1.42 bits per heavy atom. The molecule has 2 atom stereocenters. The molecular weight excluding hydrogens is 540 g/mol. The van der Waals surface area contributed by atoms with Crippen molar-refractivity contribution in [1.29, 1.82) is 0 Å². The number of esters is 2. The summed E-state index contributed by atoms with van der Waals surface area (Å²) in [7, 11) is 0. The van der Waals surface area contributed by atoms with Crippen LogP contribution in [0.25, 0.3) is 0 Å². The molecule has 0 aliphatic heterocycles. The lowest BCUT2D eigenvalue weighted by Crippen LogP contribution is -2.29. The fourth-order valence-electron chi connectivity index (χ4n) is 6.79. The minimum atomic E-state index is -1.40. The van der Waals surface area contributed by atoms with Crippen LogP contribution >= 0.6 is 0 Å². The molecule has 1 aromatic rings. The van der Waals surface area contributed by atoms with E-state index in [0.717, 1.165) is 23.3 Å². The number of carbonyl (C=O) groups excluding carboxylic acids is 2. The lowest BCUT2D eigenvalue weighted by Gasteiger charge is -2.38. The number of ether oxygens (including phenoxy) is 2. The van der Waals surface area contributed by atoms with Gasteiger partial charge in [-0.15, -0.1) is 0 Å². The maximum absolute atomic E-state index is 12.5. The molecule has 2 aliphatic carbocycles. The molecule has 3 rings (SSSR count). The number of aliphatic hydroxyl groups is 2. The summed E-state index contributed by atoms with van der Waals surface area (Å²) in [4.78, 5) is 24.8. The molecule has 0 aromatic heterocycles. The van der Waals surface area contributed by atoms with Gasteiger partial charge in [0.1, 0.15) is 13.2 Å². The lowest BCUT2D eigenvalue weighted by molar-refractivity contribution is -0.144. The van der Waals surface area contributed by atoms with Gasteiger partial charge in [0, 0.05) is 0 Å².